The lowest BCUT2D eigenvalue weighted by molar-refractivity contribution is 0.184. The van der Waals surface area contributed by atoms with Crippen molar-refractivity contribution in [2.45, 2.75) is 45.7 Å². The predicted molar refractivity (Wildman–Crippen MR) is 103 cm³/mol. The molecule has 0 aromatic carbocycles. The Morgan fingerprint density at radius 2 is 2.04 bits per heavy atom. The first-order valence-corrected chi connectivity index (χ1v) is 9.56. The molecule has 2 aromatic rings. The van der Waals surface area contributed by atoms with Crippen molar-refractivity contribution in [3.05, 3.63) is 40.4 Å². The second kappa shape index (κ2) is 8.11. The van der Waals surface area contributed by atoms with E-state index in [1.165, 1.54) is 6.42 Å². The highest BCUT2D eigenvalue weighted by molar-refractivity contribution is 5.77. The summed E-state index contributed by atoms with van der Waals surface area (Å²) in [7, 11) is 2.19. The van der Waals surface area contributed by atoms with Crippen LogP contribution in [0, 0.1) is 0 Å². The molecular formula is C20H30N4O. The van der Waals surface area contributed by atoms with E-state index in [4.69, 9.17) is 0 Å². The lowest BCUT2D eigenvalue weighted by Gasteiger charge is -2.32. The first kappa shape index (κ1) is 18.1. The van der Waals surface area contributed by atoms with Gasteiger partial charge < -0.3 is 9.47 Å². The van der Waals surface area contributed by atoms with Gasteiger partial charge in [0.05, 0.1) is 16.9 Å². The molecule has 1 fully saturated rings. The zero-order valence-electron chi connectivity index (χ0n) is 15.7. The van der Waals surface area contributed by atoms with Crippen LogP contribution in [0.4, 0.5) is 0 Å². The molecule has 3 rings (SSSR count). The van der Waals surface area contributed by atoms with Crippen molar-refractivity contribution in [2.75, 3.05) is 33.2 Å². The summed E-state index contributed by atoms with van der Waals surface area (Å²) in [5.41, 5.74) is 2.04. The van der Waals surface area contributed by atoms with Crippen molar-refractivity contribution in [3.63, 3.8) is 0 Å². The summed E-state index contributed by atoms with van der Waals surface area (Å²) in [6.45, 7) is 9.37. The summed E-state index contributed by atoms with van der Waals surface area (Å²) in [4.78, 5) is 22.4. The van der Waals surface area contributed by atoms with Crippen LogP contribution >= 0.6 is 0 Å². The fourth-order valence-corrected chi connectivity index (χ4v) is 3.97. The number of pyridine rings is 2. The van der Waals surface area contributed by atoms with E-state index in [0.717, 1.165) is 55.6 Å². The molecule has 1 atom stereocenters. The average molecular weight is 342 g/mol. The van der Waals surface area contributed by atoms with Gasteiger partial charge in [0.1, 0.15) is 0 Å². The molecule has 2 aromatic heterocycles. The molecule has 0 N–H and O–H groups in total. The highest BCUT2D eigenvalue weighted by Gasteiger charge is 2.25. The van der Waals surface area contributed by atoms with Gasteiger partial charge in [-0.3, -0.25) is 14.7 Å². The Hall–Kier alpha value is -1.72. The first-order chi connectivity index (χ1) is 12.2. The second-order valence-electron chi connectivity index (χ2n) is 7.05. The molecule has 5 nitrogen and oxygen atoms in total. The first-order valence-electron chi connectivity index (χ1n) is 9.56. The van der Waals surface area contributed by atoms with Crippen LogP contribution in [0.25, 0.3) is 10.9 Å². The fourth-order valence-electron chi connectivity index (χ4n) is 3.97. The van der Waals surface area contributed by atoms with E-state index in [1.807, 2.05) is 16.7 Å². The SMILES string of the molecule is CCCC(c1cc2ncccc2c(=O)n1CC)N1CCCN(C)CC1. The van der Waals surface area contributed by atoms with Gasteiger partial charge in [-0.25, -0.2) is 0 Å². The standard InChI is InChI=1S/C20H30N4O/c1-4-8-18(23-12-7-11-22(3)13-14-23)19-15-17-16(9-6-10-21-17)20(25)24(19)5-2/h6,9-10,15,18H,4-5,7-8,11-14H2,1-3H3. The van der Waals surface area contributed by atoms with Gasteiger partial charge in [-0.15, -0.1) is 0 Å². The molecule has 0 amide bonds. The average Bonchev–Trinajstić information content (AvgIpc) is 2.84. The fraction of sp³-hybridized carbons (Fsp3) is 0.600. The Labute approximate surface area is 150 Å². The maximum absolute atomic E-state index is 13.0. The number of hydrogen-bond donors (Lipinski definition) is 0. The molecule has 1 saturated heterocycles. The van der Waals surface area contributed by atoms with Crippen LogP contribution in [0.1, 0.15) is 44.8 Å². The van der Waals surface area contributed by atoms with Crippen LogP contribution < -0.4 is 5.56 Å². The largest absolute Gasteiger partial charge is 0.311 e. The molecule has 1 aliphatic rings. The van der Waals surface area contributed by atoms with Crippen molar-refractivity contribution >= 4 is 10.9 Å². The van der Waals surface area contributed by atoms with Gasteiger partial charge in [-0.1, -0.05) is 13.3 Å². The predicted octanol–water partition coefficient (Wildman–Crippen LogP) is 2.90. The van der Waals surface area contributed by atoms with Gasteiger partial charge in [-0.05, 0) is 51.6 Å². The molecule has 3 heterocycles. The highest BCUT2D eigenvalue weighted by atomic mass is 16.1. The third-order valence-electron chi connectivity index (χ3n) is 5.32. The molecule has 1 unspecified atom stereocenters. The quantitative estimate of drug-likeness (QED) is 0.838. The molecular weight excluding hydrogens is 312 g/mol. The van der Waals surface area contributed by atoms with E-state index in [2.05, 4.69) is 41.7 Å². The Morgan fingerprint density at radius 3 is 2.80 bits per heavy atom. The van der Waals surface area contributed by atoms with E-state index in [9.17, 15) is 4.79 Å². The lowest BCUT2D eigenvalue weighted by Crippen LogP contribution is -2.36. The third kappa shape index (κ3) is 3.77. The zero-order chi connectivity index (χ0) is 17.8. The van der Waals surface area contributed by atoms with Gasteiger partial charge in [0.25, 0.3) is 5.56 Å². The minimum Gasteiger partial charge on any atom is -0.311 e. The van der Waals surface area contributed by atoms with E-state index in [1.54, 1.807) is 6.20 Å². The van der Waals surface area contributed by atoms with E-state index < -0.39 is 0 Å². The van der Waals surface area contributed by atoms with Crippen molar-refractivity contribution in [1.29, 1.82) is 0 Å². The van der Waals surface area contributed by atoms with Crippen molar-refractivity contribution in [1.82, 2.24) is 19.4 Å². The molecule has 5 heteroatoms. The molecule has 0 radical (unpaired) electrons. The number of nitrogens with zero attached hydrogens (tertiary/aromatic N) is 4. The third-order valence-corrected chi connectivity index (χ3v) is 5.32. The van der Waals surface area contributed by atoms with E-state index in [-0.39, 0.29) is 11.6 Å². The maximum atomic E-state index is 13.0. The Bertz CT molecular complexity index is 770. The Kier molecular flexibility index (Phi) is 5.86. The van der Waals surface area contributed by atoms with Crippen LogP contribution in [0.15, 0.2) is 29.2 Å². The number of rotatable bonds is 5. The van der Waals surface area contributed by atoms with Gasteiger partial charge in [0.2, 0.25) is 0 Å². The summed E-state index contributed by atoms with van der Waals surface area (Å²) in [6, 6.07) is 6.17. The Balaban J connectivity index is 2.07. The minimum atomic E-state index is 0.0937. The lowest BCUT2D eigenvalue weighted by atomic mass is 10.0. The van der Waals surface area contributed by atoms with Gasteiger partial charge in [-0.2, -0.15) is 0 Å². The monoisotopic (exact) mass is 342 g/mol. The smallest absolute Gasteiger partial charge is 0.260 e. The molecule has 0 bridgehead atoms. The summed E-state index contributed by atoms with van der Waals surface area (Å²) in [5.74, 6) is 0. The summed E-state index contributed by atoms with van der Waals surface area (Å²) in [6.07, 6.45) is 5.13. The van der Waals surface area contributed by atoms with Crippen LogP contribution in [0.2, 0.25) is 0 Å². The van der Waals surface area contributed by atoms with Crippen LogP contribution in [0.5, 0.6) is 0 Å². The van der Waals surface area contributed by atoms with Crippen LogP contribution in [-0.4, -0.2) is 52.6 Å². The number of aromatic nitrogens is 2. The zero-order valence-corrected chi connectivity index (χ0v) is 15.7. The topological polar surface area (TPSA) is 41.4 Å². The van der Waals surface area contributed by atoms with E-state index >= 15 is 0 Å². The number of hydrogen-bond acceptors (Lipinski definition) is 4. The van der Waals surface area contributed by atoms with Crippen LogP contribution in [0.3, 0.4) is 0 Å². The molecule has 25 heavy (non-hydrogen) atoms. The van der Waals surface area contributed by atoms with Gasteiger partial charge in [0.15, 0.2) is 0 Å². The molecule has 0 aliphatic carbocycles. The molecule has 1 aliphatic heterocycles. The number of fused-ring (bicyclic) bond motifs is 1. The summed E-state index contributed by atoms with van der Waals surface area (Å²) in [5, 5.41) is 0.721. The van der Waals surface area contributed by atoms with Crippen LogP contribution in [-0.2, 0) is 6.54 Å². The maximum Gasteiger partial charge on any atom is 0.260 e. The minimum absolute atomic E-state index is 0.0937. The van der Waals surface area contributed by atoms with Crippen molar-refractivity contribution in [3.8, 4) is 0 Å². The highest BCUT2D eigenvalue weighted by Crippen LogP contribution is 2.27. The molecule has 0 spiro atoms. The van der Waals surface area contributed by atoms with Gasteiger partial charge >= 0.3 is 0 Å². The second-order valence-corrected chi connectivity index (χ2v) is 7.05. The number of likely N-dealkylation sites (N-methyl/N-ethyl adjacent to an activating group) is 1. The normalized spacial score (nSPS) is 18.4. The summed E-state index contributed by atoms with van der Waals surface area (Å²) >= 11 is 0. The molecule has 136 valence electrons. The van der Waals surface area contributed by atoms with Crippen molar-refractivity contribution in [2.24, 2.45) is 0 Å². The molecule has 0 saturated carbocycles. The van der Waals surface area contributed by atoms with Gasteiger partial charge in [0, 0.05) is 38.1 Å². The Morgan fingerprint density at radius 1 is 1.20 bits per heavy atom. The van der Waals surface area contributed by atoms with E-state index in [0.29, 0.717) is 6.54 Å². The van der Waals surface area contributed by atoms with Crippen molar-refractivity contribution < 1.29 is 0 Å². The summed E-state index contributed by atoms with van der Waals surface area (Å²) < 4.78 is 1.96.